The van der Waals surface area contributed by atoms with Gasteiger partial charge in [0, 0.05) is 31.5 Å². The molecule has 1 aromatic carbocycles. The van der Waals surface area contributed by atoms with Gasteiger partial charge in [-0.1, -0.05) is 12.1 Å². The summed E-state index contributed by atoms with van der Waals surface area (Å²) in [4.78, 5) is 14.3. The highest BCUT2D eigenvalue weighted by atomic mass is 16.5. The fourth-order valence-electron chi connectivity index (χ4n) is 3.95. The van der Waals surface area contributed by atoms with E-state index in [0.29, 0.717) is 13.0 Å². The van der Waals surface area contributed by atoms with Crippen molar-refractivity contribution >= 4 is 5.91 Å². The maximum absolute atomic E-state index is 12.3. The molecule has 1 atom stereocenters. The van der Waals surface area contributed by atoms with Crippen molar-refractivity contribution in [1.82, 2.24) is 4.90 Å². The Bertz CT molecular complexity index is 578. The fraction of sp³-hybridized carbons (Fsp3) is 0.611. The van der Waals surface area contributed by atoms with Crippen LogP contribution in [0.4, 0.5) is 0 Å². The molecule has 2 saturated heterocycles. The molecule has 0 aliphatic carbocycles. The first kappa shape index (κ1) is 14.1. The number of ether oxygens (including phenoxy) is 2. The van der Waals surface area contributed by atoms with E-state index in [4.69, 9.17) is 9.47 Å². The fourth-order valence-corrected chi connectivity index (χ4v) is 3.95. The number of piperidine rings is 1. The van der Waals surface area contributed by atoms with Crippen molar-refractivity contribution < 1.29 is 14.3 Å². The average Bonchev–Trinajstić information content (AvgIpc) is 2.99. The second-order valence-electron chi connectivity index (χ2n) is 6.95. The summed E-state index contributed by atoms with van der Waals surface area (Å²) in [6, 6.07) is 6.38. The quantitative estimate of drug-likeness (QED) is 0.842. The van der Waals surface area contributed by atoms with E-state index in [0.717, 1.165) is 57.8 Å². The summed E-state index contributed by atoms with van der Waals surface area (Å²) < 4.78 is 11.3. The minimum atomic E-state index is 0.214. The summed E-state index contributed by atoms with van der Waals surface area (Å²) in [5.41, 5.74) is 2.71. The smallest absolute Gasteiger partial charge is 0.222 e. The number of carbonyl (C=O) groups is 1. The Morgan fingerprint density at radius 2 is 2.14 bits per heavy atom. The molecule has 1 amide bonds. The number of amides is 1. The van der Waals surface area contributed by atoms with Gasteiger partial charge < -0.3 is 14.4 Å². The van der Waals surface area contributed by atoms with Crippen molar-refractivity contribution in [3.05, 3.63) is 29.3 Å². The largest absolute Gasteiger partial charge is 0.493 e. The number of nitrogens with zero attached hydrogens (tertiary/aromatic N) is 1. The van der Waals surface area contributed by atoms with Gasteiger partial charge in [-0.25, -0.2) is 0 Å². The van der Waals surface area contributed by atoms with Crippen molar-refractivity contribution in [2.45, 2.75) is 38.6 Å². The molecule has 0 aromatic heterocycles. The molecule has 0 unspecified atom stereocenters. The molecule has 1 spiro atoms. The molecule has 22 heavy (non-hydrogen) atoms. The van der Waals surface area contributed by atoms with Gasteiger partial charge in [0.2, 0.25) is 5.91 Å². The molecular formula is C18H23NO3. The van der Waals surface area contributed by atoms with Crippen LogP contribution in [0, 0.1) is 5.41 Å². The average molecular weight is 301 g/mol. The maximum atomic E-state index is 12.3. The number of hydrogen-bond acceptors (Lipinski definition) is 3. The summed E-state index contributed by atoms with van der Waals surface area (Å²) in [5, 5.41) is 0. The zero-order valence-electron chi connectivity index (χ0n) is 13.0. The number of likely N-dealkylation sites (tertiary alicyclic amines) is 1. The van der Waals surface area contributed by atoms with E-state index >= 15 is 0 Å². The van der Waals surface area contributed by atoms with Gasteiger partial charge in [-0.05, 0) is 42.9 Å². The SMILES string of the molecule is O=C1CC[C@]2(CCOC2)CN1Cc1ccc2c(c1)CCCO2. The Morgan fingerprint density at radius 3 is 3.00 bits per heavy atom. The molecule has 0 bridgehead atoms. The number of carbonyl (C=O) groups excluding carboxylic acids is 1. The minimum Gasteiger partial charge on any atom is -0.493 e. The summed E-state index contributed by atoms with van der Waals surface area (Å²) >= 11 is 0. The van der Waals surface area contributed by atoms with Crippen LogP contribution >= 0.6 is 0 Å². The Kier molecular flexibility index (Phi) is 3.57. The van der Waals surface area contributed by atoms with Gasteiger partial charge in [0.15, 0.2) is 0 Å². The normalized spacial score (nSPS) is 27.8. The Morgan fingerprint density at radius 1 is 1.18 bits per heavy atom. The Balaban J connectivity index is 1.50. The van der Waals surface area contributed by atoms with Crippen LogP contribution < -0.4 is 4.74 Å². The molecule has 3 aliphatic heterocycles. The van der Waals surface area contributed by atoms with E-state index in [1.165, 1.54) is 11.1 Å². The lowest BCUT2D eigenvalue weighted by Gasteiger charge is -2.39. The van der Waals surface area contributed by atoms with E-state index in [-0.39, 0.29) is 11.3 Å². The third-order valence-corrected chi connectivity index (χ3v) is 5.28. The standard InChI is InChI=1S/C18H23NO3/c20-17-5-6-18(7-9-21-13-18)12-19(17)11-14-3-4-16-15(10-14)2-1-8-22-16/h3-4,10H,1-2,5-9,11-13H2/t18-/m0/s1. The second kappa shape index (κ2) is 5.58. The number of fused-ring (bicyclic) bond motifs is 1. The predicted molar refractivity (Wildman–Crippen MR) is 82.8 cm³/mol. The van der Waals surface area contributed by atoms with Crippen LogP contribution in [0.1, 0.15) is 36.8 Å². The number of rotatable bonds is 2. The highest BCUT2D eigenvalue weighted by molar-refractivity contribution is 5.77. The molecule has 0 saturated carbocycles. The second-order valence-corrected chi connectivity index (χ2v) is 6.95. The predicted octanol–water partition coefficient (Wildman–Crippen LogP) is 2.54. The molecule has 0 radical (unpaired) electrons. The highest BCUT2D eigenvalue weighted by Gasteiger charge is 2.41. The van der Waals surface area contributed by atoms with Crippen LogP contribution in [0.15, 0.2) is 18.2 Å². The van der Waals surface area contributed by atoms with Gasteiger partial charge in [-0.2, -0.15) is 0 Å². The van der Waals surface area contributed by atoms with Crippen molar-refractivity contribution in [3.63, 3.8) is 0 Å². The van der Waals surface area contributed by atoms with E-state index in [2.05, 4.69) is 18.2 Å². The summed E-state index contributed by atoms with van der Waals surface area (Å²) in [6.45, 7) is 4.04. The van der Waals surface area contributed by atoms with E-state index in [1.54, 1.807) is 0 Å². The van der Waals surface area contributed by atoms with Gasteiger partial charge in [-0.3, -0.25) is 4.79 Å². The number of benzene rings is 1. The van der Waals surface area contributed by atoms with Crippen molar-refractivity contribution in [2.75, 3.05) is 26.4 Å². The molecule has 2 fully saturated rings. The molecule has 3 heterocycles. The molecule has 1 aromatic rings. The van der Waals surface area contributed by atoms with Crippen LogP contribution in [0.5, 0.6) is 5.75 Å². The molecular weight excluding hydrogens is 278 g/mol. The number of aryl methyl sites for hydroxylation is 1. The van der Waals surface area contributed by atoms with E-state index in [1.807, 2.05) is 4.90 Å². The minimum absolute atomic E-state index is 0.214. The Hall–Kier alpha value is -1.55. The van der Waals surface area contributed by atoms with Crippen molar-refractivity contribution in [1.29, 1.82) is 0 Å². The van der Waals surface area contributed by atoms with E-state index < -0.39 is 0 Å². The first-order valence-electron chi connectivity index (χ1n) is 8.34. The third-order valence-electron chi connectivity index (χ3n) is 5.28. The van der Waals surface area contributed by atoms with Gasteiger partial charge >= 0.3 is 0 Å². The zero-order chi connectivity index (χ0) is 15.0. The van der Waals surface area contributed by atoms with Gasteiger partial charge in [-0.15, -0.1) is 0 Å². The summed E-state index contributed by atoms with van der Waals surface area (Å²) in [5.74, 6) is 1.30. The monoisotopic (exact) mass is 301 g/mol. The van der Waals surface area contributed by atoms with Gasteiger partial charge in [0.05, 0.1) is 13.2 Å². The van der Waals surface area contributed by atoms with Gasteiger partial charge in [0.25, 0.3) is 0 Å². The van der Waals surface area contributed by atoms with Crippen LogP contribution in [0.2, 0.25) is 0 Å². The summed E-state index contributed by atoms with van der Waals surface area (Å²) in [7, 11) is 0. The lowest BCUT2D eigenvalue weighted by atomic mass is 9.79. The molecule has 4 rings (SSSR count). The molecule has 0 N–H and O–H groups in total. The Labute approximate surface area is 131 Å². The first-order chi connectivity index (χ1) is 10.7. The van der Waals surface area contributed by atoms with Crippen molar-refractivity contribution in [2.24, 2.45) is 5.41 Å². The topological polar surface area (TPSA) is 38.8 Å². The first-order valence-corrected chi connectivity index (χ1v) is 8.34. The van der Waals surface area contributed by atoms with Gasteiger partial charge in [0.1, 0.15) is 5.75 Å². The lowest BCUT2D eigenvalue weighted by Crippen LogP contribution is -2.46. The maximum Gasteiger partial charge on any atom is 0.222 e. The third kappa shape index (κ3) is 2.60. The van der Waals surface area contributed by atoms with Crippen LogP contribution in [-0.2, 0) is 22.5 Å². The lowest BCUT2D eigenvalue weighted by molar-refractivity contribution is -0.138. The van der Waals surface area contributed by atoms with Crippen LogP contribution in [-0.4, -0.2) is 37.2 Å². The van der Waals surface area contributed by atoms with Crippen molar-refractivity contribution in [3.8, 4) is 5.75 Å². The molecule has 118 valence electrons. The van der Waals surface area contributed by atoms with Crippen LogP contribution in [0.3, 0.4) is 0 Å². The molecule has 4 heteroatoms. The summed E-state index contributed by atoms with van der Waals surface area (Å²) in [6.07, 6.45) is 4.90. The van der Waals surface area contributed by atoms with Crippen LogP contribution in [0.25, 0.3) is 0 Å². The molecule has 3 aliphatic rings. The zero-order valence-corrected chi connectivity index (χ0v) is 13.0. The number of hydrogen-bond donors (Lipinski definition) is 0. The van der Waals surface area contributed by atoms with E-state index in [9.17, 15) is 4.79 Å². The molecule has 4 nitrogen and oxygen atoms in total. The highest BCUT2D eigenvalue weighted by Crippen LogP contribution is 2.38.